The van der Waals surface area contributed by atoms with Crippen LogP contribution in [0.2, 0.25) is 0 Å². The highest BCUT2D eigenvalue weighted by molar-refractivity contribution is 5.78. The summed E-state index contributed by atoms with van der Waals surface area (Å²) in [4.78, 5) is 12.9. The number of rotatable bonds is 2. The molecule has 1 aliphatic rings. The third-order valence-corrected chi connectivity index (χ3v) is 2.95. The first-order valence-electron chi connectivity index (χ1n) is 5.64. The molecule has 0 atom stereocenters. The van der Waals surface area contributed by atoms with Crippen molar-refractivity contribution in [1.82, 2.24) is 0 Å². The molecule has 1 heterocycles. The predicted octanol–water partition coefficient (Wildman–Crippen LogP) is 2.53. The van der Waals surface area contributed by atoms with Crippen molar-refractivity contribution in [2.45, 2.75) is 13.3 Å². The first-order chi connectivity index (χ1) is 8.24. The van der Waals surface area contributed by atoms with Crippen LogP contribution in [-0.4, -0.2) is 19.4 Å². The molecule has 0 fully saturated rings. The fraction of sp³-hybridized carbons (Fsp3) is 0.286. The summed E-state index contributed by atoms with van der Waals surface area (Å²) in [5, 5.41) is 9.13. The Balaban J connectivity index is 2.36. The van der Waals surface area contributed by atoms with E-state index < -0.39 is 0 Å². The summed E-state index contributed by atoms with van der Waals surface area (Å²) in [5.74, 6) is 0. The number of hydrogen-bond donors (Lipinski definition) is 0. The first-order valence-corrected chi connectivity index (χ1v) is 5.64. The van der Waals surface area contributed by atoms with Gasteiger partial charge in [0, 0.05) is 18.7 Å². The Hall–Kier alpha value is -2.08. The highest BCUT2D eigenvalue weighted by Crippen LogP contribution is 2.24. The van der Waals surface area contributed by atoms with Gasteiger partial charge in [-0.15, -0.1) is 0 Å². The Labute approximate surface area is 101 Å². The molecule has 2 rings (SSSR count). The lowest BCUT2D eigenvalue weighted by Crippen LogP contribution is -2.29. The number of carbonyl (C=O) groups is 1. The van der Waals surface area contributed by atoms with E-state index in [1.165, 1.54) is 5.57 Å². The van der Waals surface area contributed by atoms with Gasteiger partial charge < -0.3 is 4.90 Å². The number of benzene rings is 1. The monoisotopic (exact) mass is 226 g/mol. The van der Waals surface area contributed by atoms with Gasteiger partial charge in [0.25, 0.3) is 0 Å². The molecule has 0 aromatic heterocycles. The minimum atomic E-state index is 0.551. The van der Waals surface area contributed by atoms with Gasteiger partial charge in [0.05, 0.1) is 11.3 Å². The topological polar surface area (TPSA) is 44.1 Å². The van der Waals surface area contributed by atoms with E-state index >= 15 is 0 Å². The van der Waals surface area contributed by atoms with Crippen molar-refractivity contribution in [3.63, 3.8) is 0 Å². The fourth-order valence-corrected chi connectivity index (χ4v) is 2.11. The van der Waals surface area contributed by atoms with Gasteiger partial charge >= 0.3 is 0 Å². The molecule has 0 radical (unpaired) electrons. The minimum absolute atomic E-state index is 0.551. The standard InChI is InChI=1S/C14H14N2O/c1-11-3-2-6-16(9-11)14-5-4-12(10-17)7-13(14)8-15/h3-5,7,10H,2,6,9H2,1H3. The van der Waals surface area contributed by atoms with Gasteiger partial charge in [-0.25, -0.2) is 0 Å². The molecular formula is C14H14N2O. The van der Waals surface area contributed by atoms with Crippen LogP contribution in [0.15, 0.2) is 29.8 Å². The van der Waals surface area contributed by atoms with Crippen LogP contribution in [0.4, 0.5) is 5.69 Å². The van der Waals surface area contributed by atoms with E-state index in [-0.39, 0.29) is 0 Å². The molecular weight excluding hydrogens is 212 g/mol. The Kier molecular flexibility index (Phi) is 3.24. The van der Waals surface area contributed by atoms with Crippen LogP contribution in [0.1, 0.15) is 29.3 Å². The molecule has 0 unspecified atom stereocenters. The molecule has 1 aromatic carbocycles. The average Bonchev–Trinajstić information content (AvgIpc) is 2.38. The van der Waals surface area contributed by atoms with Crippen LogP contribution in [0, 0.1) is 11.3 Å². The zero-order chi connectivity index (χ0) is 12.3. The van der Waals surface area contributed by atoms with Crippen LogP contribution in [0.5, 0.6) is 0 Å². The van der Waals surface area contributed by atoms with E-state index in [0.717, 1.165) is 31.5 Å². The zero-order valence-corrected chi connectivity index (χ0v) is 9.81. The van der Waals surface area contributed by atoms with E-state index in [0.29, 0.717) is 11.1 Å². The summed E-state index contributed by atoms with van der Waals surface area (Å²) < 4.78 is 0. The Morgan fingerprint density at radius 3 is 2.94 bits per heavy atom. The van der Waals surface area contributed by atoms with Crippen molar-refractivity contribution in [2.75, 3.05) is 18.0 Å². The summed E-state index contributed by atoms with van der Waals surface area (Å²) >= 11 is 0. The summed E-state index contributed by atoms with van der Waals surface area (Å²) in [7, 11) is 0. The van der Waals surface area contributed by atoms with E-state index in [1.54, 1.807) is 12.1 Å². The maximum atomic E-state index is 10.7. The largest absolute Gasteiger partial charge is 0.366 e. The van der Waals surface area contributed by atoms with Gasteiger partial charge in [0.1, 0.15) is 12.4 Å². The summed E-state index contributed by atoms with van der Waals surface area (Å²) in [6.45, 7) is 3.87. The number of anilines is 1. The van der Waals surface area contributed by atoms with Crippen molar-refractivity contribution in [3.8, 4) is 6.07 Å². The Morgan fingerprint density at radius 1 is 1.47 bits per heavy atom. The first kappa shape index (κ1) is 11.4. The van der Waals surface area contributed by atoms with Crippen LogP contribution >= 0.6 is 0 Å². The maximum Gasteiger partial charge on any atom is 0.150 e. The number of carbonyl (C=O) groups excluding carboxylic acids is 1. The van der Waals surface area contributed by atoms with Crippen LogP contribution < -0.4 is 4.90 Å². The second-order valence-electron chi connectivity index (χ2n) is 4.27. The molecule has 0 amide bonds. The lowest BCUT2D eigenvalue weighted by atomic mass is 10.1. The molecule has 0 saturated carbocycles. The van der Waals surface area contributed by atoms with Gasteiger partial charge in [-0.2, -0.15) is 5.26 Å². The number of nitrogens with zero attached hydrogens (tertiary/aromatic N) is 2. The van der Waals surface area contributed by atoms with Crippen molar-refractivity contribution >= 4 is 12.0 Å². The van der Waals surface area contributed by atoms with E-state index in [9.17, 15) is 4.79 Å². The normalized spacial score (nSPS) is 15.1. The molecule has 1 aliphatic heterocycles. The summed E-state index contributed by atoms with van der Waals surface area (Å²) in [5.41, 5.74) is 3.36. The molecule has 3 heteroatoms. The second kappa shape index (κ2) is 4.84. The predicted molar refractivity (Wildman–Crippen MR) is 67.1 cm³/mol. The molecule has 1 aromatic rings. The van der Waals surface area contributed by atoms with Crippen molar-refractivity contribution < 1.29 is 4.79 Å². The van der Waals surface area contributed by atoms with Crippen molar-refractivity contribution in [2.24, 2.45) is 0 Å². The fourth-order valence-electron chi connectivity index (χ4n) is 2.11. The van der Waals surface area contributed by atoms with Crippen LogP contribution in [-0.2, 0) is 0 Å². The number of aldehydes is 1. The van der Waals surface area contributed by atoms with E-state index in [4.69, 9.17) is 5.26 Å². The van der Waals surface area contributed by atoms with E-state index in [2.05, 4.69) is 24.0 Å². The number of nitriles is 1. The maximum absolute atomic E-state index is 10.7. The van der Waals surface area contributed by atoms with Gasteiger partial charge in [0.15, 0.2) is 0 Å². The highest BCUT2D eigenvalue weighted by atomic mass is 16.1. The van der Waals surface area contributed by atoms with Crippen LogP contribution in [0.25, 0.3) is 0 Å². The molecule has 0 N–H and O–H groups in total. The molecule has 0 bridgehead atoms. The molecule has 0 spiro atoms. The zero-order valence-electron chi connectivity index (χ0n) is 9.81. The Morgan fingerprint density at radius 2 is 2.29 bits per heavy atom. The smallest absolute Gasteiger partial charge is 0.150 e. The van der Waals surface area contributed by atoms with Gasteiger partial charge in [-0.05, 0) is 31.5 Å². The molecule has 3 nitrogen and oxygen atoms in total. The van der Waals surface area contributed by atoms with Crippen molar-refractivity contribution in [1.29, 1.82) is 5.26 Å². The quantitative estimate of drug-likeness (QED) is 0.575. The molecule has 17 heavy (non-hydrogen) atoms. The Bertz CT molecular complexity index is 511. The lowest BCUT2D eigenvalue weighted by molar-refractivity contribution is 0.112. The molecule has 0 saturated heterocycles. The molecule has 0 aliphatic carbocycles. The summed E-state index contributed by atoms with van der Waals surface area (Å²) in [6.07, 6.45) is 4.00. The molecule has 86 valence electrons. The van der Waals surface area contributed by atoms with Gasteiger partial charge in [-0.3, -0.25) is 4.79 Å². The second-order valence-corrected chi connectivity index (χ2v) is 4.27. The number of hydrogen-bond acceptors (Lipinski definition) is 3. The summed E-state index contributed by atoms with van der Waals surface area (Å²) in [6, 6.07) is 7.43. The minimum Gasteiger partial charge on any atom is -0.366 e. The van der Waals surface area contributed by atoms with Gasteiger partial charge in [0.2, 0.25) is 0 Å². The third-order valence-electron chi connectivity index (χ3n) is 2.95. The van der Waals surface area contributed by atoms with Crippen LogP contribution in [0.3, 0.4) is 0 Å². The SMILES string of the molecule is CC1=CCCN(c2ccc(C=O)cc2C#N)C1. The van der Waals surface area contributed by atoms with Crippen molar-refractivity contribution in [3.05, 3.63) is 41.0 Å². The van der Waals surface area contributed by atoms with E-state index in [1.807, 2.05) is 6.07 Å². The highest BCUT2D eigenvalue weighted by Gasteiger charge is 2.14. The van der Waals surface area contributed by atoms with Gasteiger partial charge in [-0.1, -0.05) is 11.6 Å². The lowest BCUT2D eigenvalue weighted by Gasteiger charge is -2.29. The third kappa shape index (κ3) is 2.36. The average molecular weight is 226 g/mol.